The SMILES string of the molecule is CC(C)OC(=O)Nc1ccc(-c2ncc(-c3ccc(N4CCCC4=O)cc3S(=O)(=O)NC(C)(C)C)s2)cc1. The fourth-order valence-electron chi connectivity index (χ4n) is 4.07. The number of rotatable bonds is 7. The van der Waals surface area contributed by atoms with E-state index in [2.05, 4.69) is 15.0 Å². The van der Waals surface area contributed by atoms with Gasteiger partial charge in [0.2, 0.25) is 15.9 Å². The molecule has 1 aromatic heterocycles. The van der Waals surface area contributed by atoms with E-state index in [1.165, 1.54) is 11.3 Å². The van der Waals surface area contributed by atoms with Crippen molar-refractivity contribution in [1.82, 2.24) is 9.71 Å². The maximum absolute atomic E-state index is 13.5. The molecule has 1 fully saturated rings. The molecule has 3 aromatic rings. The van der Waals surface area contributed by atoms with Crippen LogP contribution < -0.4 is 14.9 Å². The maximum Gasteiger partial charge on any atom is 0.411 e. The molecular weight excluding hydrogens is 524 g/mol. The smallest absolute Gasteiger partial charge is 0.411 e. The van der Waals surface area contributed by atoms with E-state index in [-0.39, 0.29) is 16.9 Å². The molecule has 0 aliphatic carbocycles. The highest BCUT2D eigenvalue weighted by Gasteiger charge is 2.29. The lowest BCUT2D eigenvalue weighted by Crippen LogP contribution is -2.40. The van der Waals surface area contributed by atoms with Crippen LogP contribution in [0.1, 0.15) is 47.5 Å². The molecular formula is C27H32N4O5S2. The number of benzene rings is 2. The molecule has 2 amide bonds. The van der Waals surface area contributed by atoms with Gasteiger partial charge in [-0.15, -0.1) is 11.3 Å². The summed E-state index contributed by atoms with van der Waals surface area (Å²) in [5, 5.41) is 3.37. The Morgan fingerprint density at radius 3 is 2.45 bits per heavy atom. The maximum atomic E-state index is 13.5. The van der Waals surface area contributed by atoms with Crippen LogP contribution in [0.15, 0.2) is 53.6 Å². The van der Waals surface area contributed by atoms with Crippen molar-refractivity contribution in [2.45, 2.75) is 64.0 Å². The van der Waals surface area contributed by atoms with E-state index in [0.29, 0.717) is 39.8 Å². The molecule has 1 aliphatic rings. The number of aromatic nitrogens is 1. The molecule has 0 bridgehead atoms. The second-order valence-electron chi connectivity index (χ2n) is 10.4. The van der Waals surface area contributed by atoms with Gasteiger partial charge in [-0.3, -0.25) is 10.1 Å². The molecule has 0 saturated carbocycles. The van der Waals surface area contributed by atoms with Crippen molar-refractivity contribution in [3.63, 3.8) is 0 Å². The summed E-state index contributed by atoms with van der Waals surface area (Å²) in [6.45, 7) is 9.46. The number of ether oxygens (including phenoxy) is 1. The van der Waals surface area contributed by atoms with Crippen LogP contribution in [0.3, 0.4) is 0 Å². The third-order valence-corrected chi connectivity index (χ3v) is 8.45. The second-order valence-corrected chi connectivity index (χ2v) is 13.1. The number of anilines is 2. The number of sulfonamides is 1. The predicted octanol–water partition coefficient (Wildman–Crippen LogP) is 5.64. The van der Waals surface area contributed by atoms with Crippen molar-refractivity contribution in [2.24, 2.45) is 0 Å². The van der Waals surface area contributed by atoms with E-state index < -0.39 is 21.7 Å². The van der Waals surface area contributed by atoms with E-state index in [1.807, 2.05) is 12.1 Å². The van der Waals surface area contributed by atoms with Crippen LogP contribution in [0, 0.1) is 0 Å². The quantitative estimate of drug-likeness (QED) is 0.389. The monoisotopic (exact) mass is 556 g/mol. The minimum Gasteiger partial charge on any atom is -0.447 e. The zero-order valence-corrected chi connectivity index (χ0v) is 23.7. The molecule has 1 aliphatic heterocycles. The van der Waals surface area contributed by atoms with Crippen molar-refractivity contribution in [3.05, 3.63) is 48.7 Å². The van der Waals surface area contributed by atoms with E-state index in [9.17, 15) is 18.0 Å². The molecule has 0 radical (unpaired) electrons. The first-order valence-corrected chi connectivity index (χ1v) is 14.6. The van der Waals surface area contributed by atoms with Gasteiger partial charge in [-0.2, -0.15) is 0 Å². The summed E-state index contributed by atoms with van der Waals surface area (Å²) in [6.07, 6.45) is 2.10. The molecule has 4 rings (SSSR count). The van der Waals surface area contributed by atoms with Crippen molar-refractivity contribution in [2.75, 3.05) is 16.8 Å². The molecule has 9 nitrogen and oxygen atoms in total. The zero-order chi connectivity index (χ0) is 27.7. The number of carbonyl (C=O) groups is 2. The highest BCUT2D eigenvalue weighted by atomic mass is 32.2. The first-order valence-electron chi connectivity index (χ1n) is 12.3. The van der Waals surface area contributed by atoms with Crippen molar-refractivity contribution >= 4 is 44.7 Å². The Hall–Kier alpha value is -3.28. The topological polar surface area (TPSA) is 118 Å². The lowest BCUT2D eigenvalue weighted by atomic mass is 10.1. The molecule has 0 unspecified atom stereocenters. The fourth-order valence-corrected chi connectivity index (χ4v) is 6.76. The molecule has 2 heterocycles. The largest absolute Gasteiger partial charge is 0.447 e. The van der Waals surface area contributed by atoms with Crippen LogP contribution >= 0.6 is 11.3 Å². The first kappa shape index (κ1) is 27.7. The molecule has 11 heteroatoms. The predicted molar refractivity (Wildman–Crippen MR) is 150 cm³/mol. The Morgan fingerprint density at radius 1 is 1.13 bits per heavy atom. The Morgan fingerprint density at radius 2 is 1.84 bits per heavy atom. The van der Waals surface area contributed by atoms with E-state index in [1.54, 1.807) is 76.0 Å². The summed E-state index contributed by atoms with van der Waals surface area (Å²) in [5.74, 6) is -0.0136. The van der Waals surface area contributed by atoms with E-state index in [0.717, 1.165) is 12.0 Å². The molecule has 0 atom stereocenters. The summed E-state index contributed by atoms with van der Waals surface area (Å²) >= 11 is 1.36. The fraction of sp³-hybridized carbons (Fsp3) is 0.370. The first-order chi connectivity index (χ1) is 17.8. The minimum atomic E-state index is -3.91. The molecule has 1 saturated heterocycles. The van der Waals surface area contributed by atoms with Gasteiger partial charge in [0.05, 0.1) is 15.9 Å². The molecule has 2 aromatic carbocycles. The van der Waals surface area contributed by atoms with Gasteiger partial charge in [0.15, 0.2) is 0 Å². The van der Waals surface area contributed by atoms with Crippen LogP contribution in [-0.4, -0.2) is 43.6 Å². The number of thiazole rings is 1. The van der Waals surface area contributed by atoms with Gasteiger partial charge >= 0.3 is 6.09 Å². The number of hydrogen-bond donors (Lipinski definition) is 2. The van der Waals surface area contributed by atoms with Crippen LogP contribution in [0.5, 0.6) is 0 Å². The van der Waals surface area contributed by atoms with Gasteiger partial charge < -0.3 is 9.64 Å². The number of carbonyl (C=O) groups excluding carboxylic acids is 2. The number of nitrogens with zero attached hydrogens (tertiary/aromatic N) is 2. The molecule has 2 N–H and O–H groups in total. The summed E-state index contributed by atoms with van der Waals surface area (Å²) in [4.78, 5) is 31.1. The van der Waals surface area contributed by atoms with Gasteiger partial charge in [0.1, 0.15) is 5.01 Å². The highest BCUT2D eigenvalue weighted by Crippen LogP contribution is 2.38. The van der Waals surface area contributed by atoms with Gasteiger partial charge in [-0.05, 0) is 77.4 Å². The van der Waals surface area contributed by atoms with Crippen molar-refractivity contribution < 1.29 is 22.7 Å². The van der Waals surface area contributed by atoms with Crippen molar-refractivity contribution in [1.29, 1.82) is 0 Å². The lowest BCUT2D eigenvalue weighted by molar-refractivity contribution is -0.117. The molecule has 38 heavy (non-hydrogen) atoms. The Balaban J connectivity index is 1.66. The molecule has 0 spiro atoms. The molecule has 202 valence electrons. The van der Waals surface area contributed by atoms with E-state index >= 15 is 0 Å². The van der Waals surface area contributed by atoms with Gasteiger partial charge in [-0.1, -0.05) is 6.07 Å². The van der Waals surface area contributed by atoms with E-state index in [4.69, 9.17) is 4.74 Å². The van der Waals surface area contributed by atoms with Crippen LogP contribution in [-0.2, 0) is 19.6 Å². The second kappa shape index (κ2) is 10.8. The Kier molecular flexibility index (Phi) is 7.91. The minimum absolute atomic E-state index is 0.0136. The van der Waals surface area contributed by atoms with Crippen LogP contribution in [0.2, 0.25) is 0 Å². The third-order valence-electron chi connectivity index (χ3n) is 5.57. The lowest BCUT2D eigenvalue weighted by Gasteiger charge is -2.23. The van der Waals surface area contributed by atoms with Gasteiger partial charge in [0.25, 0.3) is 0 Å². The number of amides is 2. The van der Waals surface area contributed by atoms with Crippen LogP contribution in [0.25, 0.3) is 21.0 Å². The van der Waals surface area contributed by atoms with Crippen molar-refractivity contribution in [3.8, 4) is 21.0 Å². The summed E-state index contributed by atoms with van der Waals surface area (Å²) < 4.78 is 34.8. The summed E-state index contributed by atoms with van der Waals surface area (Å²) in [5.41, 5.74) is 1.79. The Labute approximate surface area is 227 Å². The highest BCUT2D eigenvalue weighted by molar-refractivity contribution is 7.89. The van der Waals surface area contributed by atoms with Crippen LogP contribution in [0.4, 0.5) is 16.2 Å². The van der Waals surface area contributed by atoms with Gasteiger partial charge in [-0.25, -0.2) is 22.9 Å². The average molecular weight is 557 g/mol. The normalized spacial score (nSPS) is 14.3. The van der Waals surface area contributed by atoms with Gasteiger partial charge in [0, 0.05) is 47.2 Å². The summed E-state index contributed by atoms with van der Waals surface area (Å²) in [7, 11) is -3.91. The standard InChI is InChI=1S/C27H32N4O5S2/c1-17(2)36-26(33)29-19-10-8-18(9-11-19)25-28-16-22(37-25)21-13-12-20(31-14-6-7-24(31)32)15-23(21)38(34,35)30-27(3,4)5/h8-13,15-17,30H,6-7,14H2,1-5H3,(H,29,33). The Bertz CT molecular complexity index is 1440. The summed E-state index contributed by atoms with van der Waals surface area (Å²) in [6, 6.07) is 12.3. The average Bonchev–Trinajstić information content (AvgIpc) is 3.46. The zero-order valence-electron chi connectivity index (χ0n) is 22.1. The number of nitrogens with one attached hydrogen (secondary N) is 2. The third kappa shape index (κ3) is 6.58. The number of hydrogen-bond acceptors (Lipinski definition) is 7.